The first-order valence-electron chi connectivity index (χ1n) is 8.70. The predicted octanol–water partition coefficient (Wildman–Crippen LogP) is 1.31. The normalized spacial score (nSPS) is 18.9. The Kier molecular flexibility index (Phi) is 3.96. The van der Waals surface area contributed by atoms with Gasteiger partial charge in [-0.25, -0.2) is 0 Å². The van der Waals surface area contributed by atoms with E-state index in [9.17, 15) is 24.6 Å². The highest BCUT2D eigenvalue weighted by Crippen LogP contribution is 2.37. The molecule has 3 N–H and O–H groups in total. The Balaban J connectivity index is 1.82. The third kappa shape index (κ3) is 2.59. The molecular formula is C20H18N2O5. The minimum absolute atomic E-state index is 0.0239. The van der Waals surface area contributed by atoms with Crippen LogP contribution < -0.4 is 5.32 Å². The molecule has 1 atom stereocenters. The second-order valence-electron chi connectivity index (χ2n) is 6.83. The van der Waals surface area contributed by atoms with Crippen molar-refractivity contribution in [3.05, 3.63) is 58.1 Å². The summed E-state index contributed by atoms with van der Waals surface area (Å²) < 4.78 is 0. The predicted molar refractivity (Wildman–Crippen MR) is 96.4 cm³/mol. The standard InChI is InChI=1S/C20H18N2O5/c1-10-9-21-5-6-22(10)20(27)11-7-13-17(15(24)8-11)19(26)16-12(18(13)25)3-2-4-14(16)23/h2-4,7-8,10,21,23-24H,5-6,9H2,1H3. The van der Waals surface area contributed by atoms with E-state index in [1.54, 1.807) is 4.90 Å². The van der Waals surface area contributed by atoms with E-state index < -0.39 is 17.3 Å². The molecule has 2 aromatic carbocycles. The van der Waals surface area contributed by atoms with Gasteiger partial charge in [0.1, 0.15) is 11.5 Å². The summed E-state index contributed by atoms with van der Waals surface area (Å²) in [5.41, 5.74) is -0.111. The molecule has 2 aromatic rings. The second kappa shape index (κ2) is 6.21. The van der Waals surface area contributed by atoms with Crippen molar-refractivity contribution in [2.75, 3.05) is 19.6 Å². The number of nitrogens with one attached hydrogen (secondary N) is 1. The van der Waals surface area contributed by atoms with Crippen LogP contribution in [0.15, 0.2) is 30.3 Å². The van der Waals surface area contributed by atoms with E-state index in [0.29, 0.717) is 19.6 Å². The number of aromatic hydroxyl groups is 2. The number of amides is 1. The Morgan fingerprint density at radius 3 is 2.56 bits per heavy atom. The first kappa shape index (κ1) is 17.2. The molecule has 0 aromatic heterocycles. The fourth-order valence-electron chi connectivity index (χ4n) is 3.71. The zero-order valence-corrected chi connectivity index (χ0v) is 14.7. The van der Waals surface area contributed by atoms with Gasteiger partial charge in [-0.2, -0.15) is 0 Å². The third-order valence-electron chi connectivity index (χ3n) is 5.11. The zero-order chi connectivity index (χ0) is 19.3. The van der Waals surface area contributed by atoms with Gasteiger partial charge in [0.25, 0.3) is 5.91 Å². The number of hydrogen-bond donors (Lipinski definition) is 3. The number of fused-ring (bicyclic) bond motifs is 2. The van der Waals surface area contributed by atoms with Gasteiger partial charge in [-0.1, -0.05) is 12.1 Å². The monoisotopic (exact) mass is 366 g/mol. The quantitative estimate of drug-likeness (QED) is 0.599. The van der Waals surface area contributed by atoms with Gasteiger partial charge in [-0.3, -0.25) is 14.4 Å². The molecule has 1 unspecified atom stereocenters. The summed E-state index contributed by atoms with van der Waals surface area (Å²) in [6.45, 7) is 3.75. The summed E-state index contributed by atoms with van der Waals surface area (Å²) >= 11 is 0. The smallest absolute Gasteiger partial charge is 0.254 e. The largest absolute Gasteiger partial charge is 0.507 e. The van der Waals surface area contributed by atoms with Crippen LogP contribution in [0.3, 0.4) is 0 Å². The number of carbonyl (C=O) groups excluding carboxylic acids is 3. The van der Waals surface area contributed by atoms with E-state index in [0.717, 1.165) is 0 Å². The van der Waals surface area contributed by atoms with Gasteiger partial charge < -0.3 is 20.4 Å². The number of phenols is 2. The topological polar surface area (TPSA) is 107 Å². The fraction of sp³-hybridized carbons (Fsp3) is 0.250. The van der Waals surface area contributed by atoms with E-state index in [-0.39, 0.29) is 45.5 Å². The SMILES string of the molecule is CC1CNCCN1C(=O)c1cc(O)c2c(c1)C(=O)c1cccc(O)c1C2=O. The van der Waals surface area contributed by atoms with Crippen LogP contribution in [0.4, 0.5) is 0 Å². The maximum atomic E-state index is 12.9. The molecule has 0 radical (unpaired) electrons. The molecule has 0 saturated carbocycles. The number of ketones is 2. The minimum atomic E-state index is -0.635. The fourth-order valence-corrected chi connectivity index (χ4v) is 3.71. The Bertz CT molecular complexity index is 998. The average molecular weight is 366 g/mol. The lowest BCUT2D eigenvalue weighted by Gasteiger charge is -2.34. The molecule has 1 aliphatic carbocycles. The third-order valence-corrected chi connectivity index (χ3v) is 5.11. The Morgan fingerprint density at radius 2 is 1.81 bits per heavy atom. The van der Waals surface area contributed by atoms with Crippen LogP contribution in [0.25, 0.3) is 0 Å². The summed E-state index contributed by atoms with van der Waals surface area (Å²) in [7, 11) is 0. The van der Waals surface area contributed by atoms with Gasteiger partial charge in [-0.05, 0) is 25.1 Å². The Hall–Kier alpha value is -3.19. The highest BCUT2D eigenvalue weighted by molar-refractivity contribution is 6.30. The van der Waals surface area contributed by atoms with Crippen LogP contribution in [0.1, 0.15) is 49.1 Å². The molecule has 1 saturated heterocycles. The van der Waals surface area contributed by atoms with Crippen LogP contribution >= 0.6 is 0 Å². The van der Waals surface area contributed by atoms with Gasteiger partial charge in [0.05, 0.1) is 11.1 Å². The van der Waals surface area contributed by atoms with E-state index in [2.05, 4.69) is 5.32 Å². The number of benzene rings is 2. The van der Waals surface area contributed by atoms with Crippen LogP contribution in [0, 0.1) is 0 Å². The lowest BCUT2D eigenvalue weighted by Crippen LogP contribution is -2.52. The summed E-state index contributed by atoms with van der Waals surface area (Å²) in [5, 5.41) is 23.6. The van der Waals surface area contributed by atoms with E-state index in [1.807, 2.05) is 6.92 Å². The van der Waals surface area contributed by atoms with Crippen molar-refractivity contribution in [2.45, 2.75) is 13.0 Å². The van der Waals surface area contributed by atoms with Gasteiger partial charge in [-0.15, -0.1) is 0 Å². The van der Waals surface area contributed by atoms with Crippen molar-refractivity contribution in [3.63, 3.8) is 0 Å². The van der Waals surface area contributed by atoms with Crippen LogP contribution in [0.2, 0.25) is 0 Å². The molecule has 0 bridgehead atoms. The molecule has 7 nitrogen and oxygen atoms in total. The zero-order valence-electron chi connectivity index (χ0n) is 14.7. The maximum Gasteiger partial charge on any atom is 0.254 e. The van der Waals surface area contributed by atoms with Crippen molar-refractivity contribution in [1.82, 2.24) is 10.2 Å². The minimum Gasteiger partial charge on any atom is -0.507 e. The molecule has 27 heavy (non-hydrogen) atoms. The highest BCUT2D eigenvalue weighted by atomic mass is 16.3. The van der Waals surface area contributed by atoms with Crippen molar-refractivity contribution >= 4 is 17.5 Å². The van der Waals surface area contributed by atoms with Crippen LogP contribution in [0.5, 0.6) is 11.5 Å². The summed E-state index contributed by atoms with van der Waals surface area (Å²) in [4.78, 5) is 40.2. The van der Waals surface area contributed by atoms with E-state index in [1.165, 1.54) is 30.3 Å². The number of carbonyl (C=O) groups is 3. The first-order valence-corrected chi connectivity index (χ1v) is 8.70. The maximum absolute atomic E-state index is 12.9. The van der Waals surface area contributed by atoms with Crippen LogP contribution in [-0.4, -0.2) is 58.3 Å². The van der Waals surface area contributed by atoms with E-state index >= 15 is 0 Å². The molecule has 1 amide bonds. The molecule has 0 spiro atoms. The number of nitrogens with zero attached hydrogens (tertiary/aromatic N) is 1. The van der Waals surface area contributed by atoms with Gasteiger partial charge in [0.15, 0.2) is 5.78 Å². The summed E-state index contributed by atoms with van der Waals surface area (Å²) in [5.74, 6) is -2.20. The molecule has 4 rings (SSSR count). The molecule has 138 valence electrons. The van der Waals surface area contributed by atoms with Gasteiger partial charge in [0.2, 0.25) is 5.78 Å². The van der Waals surface area contributed by atoms with Crippen LogP contribution in [-0.2, 0) is 0 Å². The Morgan fingerprint density at radius 1 is 1.07 bits per heavy atom. The molecule has 1 aliphatic heterocycles. The number of rotatable bonds is 1. The second-order valence-corrected chi connectivity index (χ2v) is 6.83. The molecule has 2 aliphatic rings. The Labute approximate surface area is 155 Å². The first-order chi connectivity index (χ1) is 12.9. The summed E-state index contributed by atoms with van der Waals surface area (Å²) in [6, 6.07) is 6.78. The van der Waals surface area contributed by atoms with Crippen molar-refractivity contribution in [1.29, 1.82) is 0 Å². The molecule has 1 fully saturated rings. The highest BCUT2D eigenvalue weighted by Gasteiger charge is 2.35. The van der Waals surface area contributed by atoms with Gasteiger partial charge in [0, 0.05) is 42.4 Å². The van der Waals surface area contributed by atoms with E-state index in [4.69, 9.17) is 0 Å². The van der Waals surface area contributed by atoms with Crippen molar-refractivity contribution in [2.24, 2.45) is 0 Å². The average Bonchev–Trinajstić information content (AvgIpc) is 2.65. The lowest BCUT2D eigenvalue weighted by atomic mass is 9.82. The molecule has 1 heterocycles. The number of hydrogen-bond acceptors (Lipinski definition) is 6. The van der Waals surface area contributed by atoms with Crippen molar-refractivity contribution in [3.8, 4) is 11.5 Å². The number of phenolic OH excluding ortho intramolecular Hbond substituents is 2. The van der Waals surface area contributed by atoms with Gasteiger partial charge >= 0.3 is 0 Å². The van der Waals surface area contributed by atoms with Crippen molar-refractivity contribution < 1.29 is 24.6 Å². The summed E-state index contributed by atoms with van der Waals surface area (Å²) in [6.07, 6.45) is 0. The number of piperazine rings is 1. The molecule has 7 heteroatoms. The lowest BCUT2D eigenvalue weighted by molar-refractivity contribution is 0.0655. The molecular weight excluding hydrogens is 348 g/mol.